The van der Waals surface area contributed by atoms with Crippen molar-refractivity contribution in [1.29, 1.82) is 0 Å². The van der Waals surface area contributed by atoms with Gasteiger partial charge in [-0.1, -0.05) is 30.3 Å². The number of aromatic amines is 2. The fourth-order valence-corrected chi connectivity index (χ4v) is 4.38. The first-order chi connectivity index (χ1) is 16.1. The Morgan fingerprint density at radius 3 is 1.79 bits per heavy atom. The van der Waals surface area contributed by atoms with E-state index >= 15 is 0 Å². The van der Waals surface area contributed by atoms with Crippen LogP contribution < -0.4 is 0 Å². The van der Waals surface area contributed by atoms with Crippen molar-refractivity contribution >= 4 is 63.2 Å². The normalized spacial score (nSPS) is 12.3. The molecule has 0 radical (unpaired) electrons. The Hall–Kier alpha value is -4.22. The molecule has 0 amide bonds. The molecule has 0 aliphatic carbocycles. The molecule has 33 heavy (non-hydrogen) atoms. The van der Waals surface area contributed by atoms with Crippen LogP contribution >= 0.6 is 11.6 Å². The minimum atomic E-state index is -0.532. The van der Waals surface area contributed by atoms with Gasteiger partial charge in [0.15, 0.2) is 0 Å². The first-order valence-corrected chi connectivity index (χ1v) is 10.9. The molecule has 0 spiro atoms. The van der Waals surface area contributed by atoms with Gasteiger partial charge in [-0.05, 0) is 77.9 Å². The van der Waals surface area contributed by atoms with Crippen LogP contribution in [0.3, 0.4) is 0 Å². The van der Waals surface area contributed by atoms with Crippen molar-refractivity contribution in [3.05, 3.63) is 95.1 Å². The third-order valence-corrected chi connectivity index (χ3v) is 5.79. The third-order valence-electron chi connectivity index (χ3n) is 5.61. The van der Waals surface area contributed by atoms with E-state index in [1.165, 1.54) is 0 Å². The van der Waals surface area contributed by atoms with Crippen LogP contribution in [0.15, 0.2) is 66.7 Å². The predicted octanol–water partition coefficient (Wildman–Crippen LogP) is 6.70. The van der Waals surface area contributed by atoms with E-state index in [9.17, 15) is 4.79 Å². The van der Waals surface area contributed by atoms with Crippen LogP contribution in [-0.4, -0.2) is 25.2 Å². The van der Waals surface area contributed by atoms with Gasteiger partial charge in [0.05, 0.1) is 33.9 Å². The maximum Gasteiger partial charge on any atom is 0.255 e. The summed E-state index contributed by atoms with van der Waals surface area (Å²) in [7, 11) is 0. The maximum atomic E-state index is 12.6. The molecule has 0 saturated carbocycles. The molecule has 0 saturated heterocycles. The van der Waals surface area contributed by atoms with Crippen LogP contribution in [0.2, 0.25) is 0 Å². The summed E-state index contributed by atoms with van der Waals surface area (Å²) in [6.45, 7) is 0. The largest absolute Gasteiger partial charge is 0.355 e. The Labute approximate surface area is 194 Å². The van der Waals surface area contributed by atoms with Crippen molar-refractivity contribution in [2.24, 2.45) is 0 Å². The Kier molecular flexibility index (Phi) is 4.56. The van der Waals surface area contributed by atoms with Crippen LogP contribution in [0.1, 0.15) is 33.1 Å². The summed E-state index contributed by atoms with van der Waals surface area (Å²) in [5.74, 6) is 0. The van der Waals surface area contributed by atoms with E-state index in [1.807, 2.05) is 91.0 Å². The van der Waals surface area contributed by atoms with Crippen molar-refractivity contribution in [1.82, 2.24) is 19.9 Å². The number of H-pyrrole nitrogens is 2. The number of carbonyl (C=O) groups is 1. The molecule has 1 aromatic carbocycles. The number of hydrogen-bond acceptors (Lipinski definition) is 3. The molecule has 3 aromatic heterocycles. The summed E-state index contributed by atoms with van der Waals surface area (Å²) in [5, 5.41) is -0.532. The summed E-state index contributed by atoms with van der Waals surface area (Å²) in [6, 6.07) is 21.5. The number of nitrogens with one attached hydrogen (secondary N) is 2. The molecule has 0 fully saturated rings. The molecule has 2 N–H and O–H groups in total. The summed E-state index contributed by atoms with van der Waals surface area (Å²) in [6.07, 6.45) is 7.77. The van der Waals surface area contributed by atoms with Gasteiger partial charge in [-0.25, -0.2) is 9.97 Å². The summed E-state index contributed by atoms with van der Waals surface area (Å²) in [5.41, 5.74) is 8.48. The maximum absolute atomic E-state index is 12.6. The minimum absolute atomic E-state index is 0.416. The highest BCUT2D eigenvalue weighted by molar-refractivity contribution is 6.69. The fourth-order valence-electron chi connectivity index (χ4n) is 4.19. The predicted molar refractivity (Wildman–Crippen MR) is 134 cm³/mol. The van der Waals surface area contributed by atoms with Crippen molar-refractivity contribution in [2.45, 2.75) is 0 Å². The molecule has 5 nitrogen and oxygen atoms in total. The molecule has 6 rings (SSSR count). The van der Waals surface area contributed by atoms with Crippen LogP contribution in [0, 0.1) is 0 Å². The van der Waals surface area contributed by atoms with Crippen LogP contribution in [0.4, 0.5) is 0 Å². The van der Waals surface area contributed by atoms with Gasteiger partial charge in [0.25, 0.3) is 5.24 Å². The molecule has 0 atom stereocenters. The van der Waals surface area contributed by atoms with Crippen LogP contribution in [0.25, 0.3) is 57.5 Å². The minimum Gasteiger partial charge on any atom is -0.355 e. The van der Waals surface area contributed by atoms with Gasteiger partial charge < -0.3 is 9.97 Å². The molecular formula is C27H17ClN4O. The second-order valence-corrected chi connectivity index (χ2v) is 8.22. The average molecular weight is 449 g/mol. The standard InChI is InChI=1S/C27H17ClN4O/c28-27(33)26-24-15-22-11-9-20(31-22)13-18-7-6-17(29-18)12-19-8-10-21(30-19)14-23(32-24)25(26)16-4-2-1-3-5-16/h1-15,29,32H. The Bertz CT molecular complexity index is 1640. The second kappa shape index (κ2) is 7.73. The molecule has 2 aliphatic rings. The van der Waals surface area contributed by atoms with E-state index in [-0.39, 0.29) is 0 Å². The lowest BCUT2D eigenvalue weighted by Crippen LogP contribution is -1.90. The van der Waals surface area contributed by atoms with E-state index in [0.717, 1.165) is 50.5 Å². The fraction of sp³-hybridized carbons (Fsp3) is 0. The van der Waals surface area contributed by atoms with Gasteiger partial charge in [0.1, 0.15) is 0 Å². The molecular weight excluding hydrogens is 432 g/mol. The number of rotatable bonds is 2. The van der Waals surface area contributed by atoms with Crippen molar-refractivity contribution in [3.63, 3.8) is 0 Å². The van der Waals surface area contributed by atoms with Crippen LogP contribution in [-0.2, 0) is 0 Å². The Balaban J connectivity index is 1.76. The highest BCUT2D eigenvalue weighted by Gasteiger charge is 2.19. The highest BCUT2D eigenvalue weighted by Crippen LogP contribution is 2.33. The number of nitrogens with zero attached hydrogens (tertiary/aromatic N) is 2. The molecule has 4 aromatic rings. The highest BCUT2D eigenvalue weighted by atomic mass is 35.5. The van der Waals surface area contributed by atoms with Gasteiger partial charge in [-0.3, -0.25) is 4.79 Å². The lowest BCUT2D eigenvalue weighted by molar-refractivity contribution is 0.108. The number of carbonyl (C=O) groups excluding carboxylic acids is 1. The van der Waals surface area contributed by atoms with Crippen molar-refractivity contribution in [2.75, 3.05) is 0 Å². The number of hydrogen-bond donors (Lipinski definition) is 2. The zero-order valence-electron chi connectivity index (χ0n) is 17.3. The topological polar surface area (TPSA) is 74.4 Å². The Morgan fingerprint density at radius 1 is 0.667 bits per heavy atom. The van der Waals surface area contributed by atoms with Gasteiger partial charge in [0, 0.05) is 22.1 Å². The molecule has 0 unspecified atom stereocenters. The molecule has 6 heteroatoms. The molecule has 8 bridgehead atoms. The van der Waals surface area contributed by atoms with Gasteiger partial charge in [-0.2, -0.15) is 0 Å². The van der Waals surface area contributed by atoms with E-state index in [2.05, 4.69) is 15.0 Å². The first kappa shape index (κ1) is 19.5. The quantitative estimate of drug-likeness (QED) is 0.289. The van der Waals surface area contributed by atoms with Crippen LogP contribution in [0.5, 0.6) is 0 Å². The zero-order valence-corrected chi connectivity index (χ0v) is 18.1. The third kappa shape index (κ3) is 3.69. The lowest BCUT2D eigenvalue weighted by atomic mass is 10.0. The number of halogens is 1. The van der Waals surface area contributed by atoms with E-state index < -0.39 is 5.24 Å². The zero-order chi connectivity index (χ0) is 22.4. The van der Waals surface area contributed by atoms with E-state index in [0.29, 0.717) is 11.1 Å². The van der Waals surface area contributed by atoms with Gasteiger partial charge >= 0.3 is 0 Å². The monoisotopic (exact) mass is 448 g/mol. The smallest absolute Gasteiger partial charge is 0.255 e. The number of fused-ring (bicyclic) bond motifs is 8. The molecule has 158 valence electrons. The lowest BCUT2D eigenvalue weighted by Gasteiger charge is -2.01. The molecule has 2 aliphatic heterocycles. The molecule has 5 heterocycles. The van der Waals surface area contributed by atoms with Crippen molar-refractivity contribution in [3.8, 4) is 11.1 Å². The van der Waals surface area contributed by atoms with E-state index in [4.69, 9.17) is 16.6 Å². The van der Waals surface area contributed by atoms with Gasteiger partial charge in [0.2, 0.25) is 0 Å². The Morgan fingerprint density at radius 2 is 1.21 bits per heavy atom. The van der Waals surface area contributed by atoms with Crippen molar-refractivity contribution < 1.29 is 4.79 Å². The summed E-state index contributed by atoms with van der Waals surface area (Å²) >= 11 is 6.12. The second-order valence-electron chi connectivity index (χ2n) is 7.88. The van der Waals surface area contributed by atoms with E-state index in [1.54, 1.807) is 0 Å². The summed E-state index contributed by atoms with van der Waals surface area (Å²) < 4.78 is 0. The van der Waals surface area contributed by atoms with Gasteiger partial charge in [-0.15, -0.1) is 0 Å². The number of benzene rings is 1. The first-order valence-electron chi connectivity index (χ1n) is 10.5. The SMILES string of the molecule is O=C(Cl)c1c(-c2ccccc2)c2cc3nc(cc4ccc(cc5nc(cc1[nH]2)C=C5)[nH]4)C=C3. The number of aromatic nitrogens is 4. The average Bonchev–Trinajstić information content (AvgIpc) is 3.58. The summed E-state index contributed by atoms with van der Waals surface area (Å²) in [4.78, 5) is 28.8.